The first-order chi connectivity index (χ1) is 13.0. The van der Waals surface area contributed by atoms with Crippen LogP contribution in [0.2, 0.25) is 0 Å². The van der Waals surface area contributed by atoms with E-state index in [1.807, 2.05) is 6.92 Å². The third-order valence-corrected chi connectivity index (χ3v) is 3.44. The Hall–Kier alpha value is -3.27. The number of nitrogens with one attached hydrogen (secondary N) is 2. The van der Waals surface area contributed by atoms with Gasteiger partial charge in [0.25, 0.3) is 0 Å². The third-order valence-electron chi connectivity index (χ3n) is 3.44. The monoisotopic (exact) mass is 375 g/mol. The molecular formula is C17H21N5O5. The van der Waals surface area contributed by atoms with Crippen molar-refractivity contribution in [2.24, 2.45) is 0 Å². The number of anilines is 3. The average molecular weight is 375 g/mol. The lowest BCUT2D eigenvalue weighted by Gasteiger charge is -2.14. The first-order valence-corrected chi connectivity index (χ1v) is 8.25. The van der Waals surface area contributed by atoms with Crippen LogP contribution in [0, 0.1) is 10.1 Å². The van der Waals surface area contributed by atoms with Gasteiger partial charge in [-0.2, -0.15) is 0 Å². The molecule has 0 aliphatic heterocycles. The van der Waals surface area contributed by atoms with E-state index < -0.39 is 10.9 Å². The van der Waals surface area contributed by atoms with Crippen molar-refractivity contribution >= 4 is 29.0 Å². The largest absolute Gasteiger partial charge is 0.462 e. The molecule has 144 valence electrons. The maximum Gasteiger partial charge on any atom is 0.353 e. The first kappa shape index (κ1) is 20.0. The Morgan fingerprint density at radius 2 is 2.07 bits per heavy atom. The van der Waals surface area contributed by atoms with Crippen LogP contribution in [0.3, 0.4) is 0 Å². The molecule has 0 amide bonds. The van der Waals surface area contributed by atoms with Gasteiger partial charge in [-0.05, 0) is 32.0 Å². The Morgan fingerprint density at radius 1 is 1.33 bits per heavy atom. The zero-order chi connectivity index (χ0) is 19.8. The summed E-state index contributed by atoms with van der Waals surface area (Å²) in [5, 5.41) is 17.4. The summed E-state index contributed by atoms with van der Waals surface area (Å²) in [4.78, 5) is 30.8. The molecule has 0 aliphatic rings. The van der Waals surface area contributed by atoms with Gasteiger partial charge in [0.1, 0.15) is 6.33 Å². The second-order valence-electron chi connectivity index (χ2n) is 5.60. The highest BCUT2D eigenvalue weighted by atomic mass is 16.6. The minimum atomic E-state index is -0.570. The van der Waals surface area contributed by atoms with Crippen molar-refractivity contribution in [2.75, 3.05) is 31.0 Å². The van der Waals surface area contributed by atoms with Gasteiger partial charge in [0.2, 0.25) is 11.6 Å². The Balaban J connectivity index is 2.32. The highest BCUT2D eigenvalue weighted by molar-refractivity contribution is 5.91. The number of hydrogen-bond donors (Lipinski definition) is 2. The molecule has 1 aromatic heterocycles. The standard InChI is InChI=1S/C17H21N5O5/c1-4-27-17(23)12-6-5-7-13(8-12)21-16-14(22(24)25)15(18-10-19-16)20-11(2)9-26-3/h5-8,10-11H,4,9H2,1-3H3,(H2,18,19,20,21). The molecule has 0 radical (unpaired) electrons. The summed E-state index contributed by atoms with van der Waals surface area (Å²) in [5.41, 5.74) is 0.478. The summed E-state index contributed by atoms with van der Waals surface area (Å²) in [5.74, 6) is -0.402. The van der Waals surface area contributed by atoms with Crippen LogP contribution in [0.4, 0.5) is 23.0 Å². The molecule has 2 rings (SSSR count). The van der Waals surface area contributed by atoms with Crippen molar-refractivity contribution in [1.82, 2.24) is 9.97 Å². The lowest BCUT2D eigenvalue weighted by molar-refractivity contribution is -0.383. The second kappa shape index (κ2) is 9.43. The summed E-state index contributed by atoms with van der Waals surface area (Å²) in [7, 11) is 1.54. The van der Waals surface area contributed by atoms with Crippen molar-refractivity contribution in [3.05, 3.63) is 46.3 Å². The van der Waals surface area contributed by atoms with Crippen molar-refractivity contribution in [3.8, 4) is 0 Å². The lowest BCUT2D eigenvalue weighted by atomic mass is 10.2. The van der Waals surface area contributed by atoms with E-state index in [4.69, 9.17) is 9.47 Å². The minimum Gasteiger partial charge on any atom is -0.462 e. The van der Waals surface area contributed by atoms with E-state index in [2.05, 4.69) is 20.6 Å². The summed E-state index contributed by atoms with van der Waals surface area (Å²) in [6.45, 7) is 4.13. The Kier molecular flexibility index (Phi) is 7.00. The number of methoxy groups -OCH3 is 1. The molecule has 0 saturated heterocycles. The quantitative estimate of drug-likeness (QED) is 0.386. The predicted molar refractivity (Wildman–Crippen MR) is 99.3 cm³/mol. The molecule has 1 aromatic carbocycles. The zero-order valence-corrected chi connectivity index (χ0v) is 15.3. The van der Waals surface area contributed by atoms with Gasteiger partial charge in [-0.25, -0.2) is 14.8 Å². The molecule has 0 spiro atoms. The van der Waals surface area contributed by atoms with Gasteiger partial charge in [-0.1, -0.05) is 6.07 Å². The smallest absolute Gasteiger partial charge is 0.353 e. The van der Waals surface area contributed by atoms with Crippen LogP contribution in [0.15, 0.2) is 30.6 Å². The molecule has 0 bridgehead atoms. The number of aromatic nitrogens is 2. The number of carbonyl (C=O) groups excluding carboxylic acids is 1. The van der Waals surface area contributed by atoms with E-state index in [0.29, 0.717) is 17.9 Å². The van der Waals surface area contributed by atoms with Crippen LogP contribution in [0.25, 0.3) is 0 Å². The SMILES string of the molecule is CCOC(=O)c1cccc(Nc2ncnc(NC(C)COC)c2[N+](=O)[O-])c1. The van der Waals surface area contributed by atoms with E-state index in [0.717, 1.165) is 0 Å². The van der Waals surface area contributed by atoms with Crippen molar-refractivity contribution in [2.45, 2.75) is 19.9 Å². The summed E-state index contributed by atoms with van der Waals surface area (Å²) in [6, 6.07) is 6.24. The molecule has 10 nitrogen and oxygen atoms in total. The molecule has 27 heavy (non-hydrogen) atoms. The zero-order valence-electron chi connectivity index (χ0n) is 15.3. The molecular weight excluding hydrogens is 354 g/mol. The van der Waals surface area contributed by atoms with E-state index in [-0.39, 0.29) is 30.0 Å². The number of carbonyl (C=O) groups is 1. The van der Waals surface area contributed by atoms with Crippen LogP contribution in [0.1, 0.15) is 24.2 Å². The number of hydrogen-bond acceptors (Lipinski definition) is 9. The van der Waals surface area contributed by atoms with Gasteiger partial charge in [0, 0.05) is 18.8 Å². The molecule has 2 N–H and O–H groups in total. The molecule has 1 atom stereocenters. The lowest BCUT2D eigenvalue weighted by Crippen LogP contribution is -2.22. The molecule has 2 aromatic rings. The van der Waals surface area contributed by atoms with Crippen LogP contribution in [-0.2, 0) is 9.47 Å². The Morgan fingerprint density at radius 3 is 2.74 bits per heavy atom. The van der Waals surface area contributed by atoms with Gasteiger partial charge in [0.15, 0.2) is 0 Å². The number of ether oxygens (including phenoxy) is 2. The summed E-state index contributed by atoms with van der Waals surface area (Å²) >= 11 is 0. The van der Waals surface area contributed by atoms with Gasteiger partial charge in [-0.3, -0.25) is 10.1 Å². The Bertz CT molecular complexity index is 814. The molecule has 0 aliphatic carbocycles. The van der Waals surface area contributed by atoms with Crippen LogP contribution >= 0.6 is 0 Å². The van der Waals surface area contributed by atoms with E-state index in [9.17, 15) is 14.9 Å². The Labute approximate surface area is 156 Å². The van der Waals surface area contributed by atoms with Crippen molar-refractivity contribution in [1.29, 1.82) is 0 Å². The molecule has 1 unspecified atom stereocenters. The second-order valence-corrected chi connectivity index (χ2v) is 5.60. The van der Waals surface area contributed by atoms with Crippen molar-refractivity contribution in [3.63, 3.8) is 0 Å². The topological polar surface area (TPSA) is 129 Å². The van der Waals surface area contributed by atoms with Crippen molar-refractivity contribution < 1.29 is 19.2 Å². The molecule has 10 heteroatoms. The van der Waals surface area contributed by atoms with E-state index in [1.54, 1.807) is 25.1 Å². The van der Waals surface area contributed by atoms with E-state index >= 15 is 0 Å². The van der Waals surface area contributed by atoms with Gasteiger partial charge < -0.3 is 20.1 Å². The molecule has 0 saturated carbocycles. The number of esters is 1. The fourth-order valence-corrected chi connectivity index (χ4v) is 2.35. The molecule has 1 heterocycles. The molecule has 0 fully saturated rings. The highest BCUT2D eigenvalue weighted by Crippen LogP contribution is 2.31. The summed E-state index contributed by atoms with van der Waals surface area (Å²) < 4.78 is 9.98. The summed E-state index contributed by atoms with van der Waals surface area (Å²) in [6.07, 6.45) is 1.21. The minimum absolute atomic E-state index is 0.00289. The van der Waals surface area contributed by atoms with Crippen LogP contribution in [-0.4, -0.2) is 47.2 Å². The number of benzene rings is 1. The first-order valence-electron chi connectivity index (χ1n) is 8.25. The maximum atomic E-state index is 11.9. The van der Waals surface area contributed by atoms with Gasteiger partial charge in [0.05, 0.1) is 23.7 Å². The van der Waals surface area contributed by atoms with Crippen LogP contribution < -0.4 is 10.6 Å². The number of nitro groups is 1. The average Bonchev–Trinajstić information content (AvgIpc) is 2.62. The predicted octanol–water partition coefficient (Wildman–Crippen LogP) is 2.75. The van der Waals surface area contributed by atoms with Crippen LogP contribution in [0.5, 0.6) is 0 Å². The maximum absolute atomic E-state index is 11.9. The number of rotatable bonds is 9. The van der Waals surface area contributed by atoms with Gasteiger partial charge >= 0.3 is 11.7 Å². The number of nitrogens with zero attached hydrogens (tertiary/aromatic N) is 3. The van der Waals surface area contributed by atoms with Gasteiger partial charge in [-0.15, -0.1) is 0 Å². The normalized spacial score (nSPS) is 11.5. The highest BCUT2D eigenvalue weighted by Gasteiger charge is 2.24. The van der Waals surface area contributed by atoms with E-state index in [1.165, 1.54) is 19.5 Å². The fraction of sp³-hybridized carbons (Fsp3) is 0.353. The third kappa shape index (κ3) is 5.35. The fourth-order valence-electron chi connectivity index (χ4n) is 2.35.